The van der Waals surface area contributed by atoms with Gasteiger partial charge in [0, 0.05) is 26.1 Å². The number of piperidine rings is 1. The van der Waals surface area contributed by atoms with Crippen molar-refractivity contribution in [3.05, 3.63) is 0 Å². The molecule has 3 heteroatoms. The largest absolute Gasteiger partial charge is 0.380 e. The van der Waals surface area contributed by atoms with E-state index in [0.717, 1.165) is 51.5 Å². The molecular weight excluding hydrogens is 236 g/mol. The van der Waals surface area contributed by atoms with E-state index in [-0.39, 0.29) is 0 Å². The topological polar surface area (TPSA) is 24.5 Å². The molecule has 1 fully saturated rings. The van der Waals surface area contributed by atoms with E-state index < -0.39 is 0 Å². The Morgan fingerprint density at radius 1 is 1.21 bits per heavy atom. The Kier molecular flexibility index (Phi) is 9.79. The lowest BCUT2D eigenvalue weighted by molar-refractivity contribution is 0.114. The molecule has 0 aromatic carbocycles. The number of hydrogen-bond acceptors (Lipinski definition) is 3. The Hall–Kier alpha value is -0.560. The van der Waals surface area contributed by atoms with Crippen LogP contribution in [0.5, 0.6) is 0 Å². The summed E-state index contributed by atoms with van der Waals surface area (Å²) in [6, 6.07) is 0. The van der Waals surface area contributed by atoms with Crippen LogP contribution in [0.1, 0.15) is 39.0 Å². The highest BCUT2D eigenvalue weighted by Gasteiger charge is 2.14. The Balaban J connectivity index is 1.78. The van der Waals surface area contributed by atoms with E-state index in [1.165, 1.54) is 32.5 Å². The van der Waals surface area contributed by atoms with E-state index in [4.69, 9.17) is 11.2 Å². The molecule has 1 aliphatic rings. The minimum Gasteiger partial charge on any atom is -0.380 e. The average Bonchev–Trinajstić information content (AvgIpc) is 2.43. The van der Waals surface area contributed by atoms with Gasteiger partial charge in [-0.3, -0.25) is 0 Å². The van der Waals surface area contributed by atoms with Crippen LogP contribution in [0.2, 0.25) is 0 Å². The van der Waals surface area contributed by atoms with Crippen LogP contribution < -0.4 is 5.32 Å². The molecule has 0 aromatic heterocycles. The van der Waals surface area contributed by atoms with Crippen molar-refractivity contribution < 1.29 is 4.74 Å². The van der Waals surface area contributed by atoms with Gasteiger partial charge in [-0.2, -0.15) is 0 Å². The van der Waals surface area contributed by atoms with Crippen LogP contribution in [0.15, 0.2) is 0 Å². The Morgan fingerprint density at radius 3 is 2.74 bits per heavy atom. The molecule has 1 rings (SSSR count). The quantitative estimate of drug-likeness (QED) is 0.484. The van der Waals surface area contributed by atoms with Crippen molar-refractivity contribution in [2.75, 3.05) is 45.9 Å². The molecule has 0 radical (unpaired) electrons. The fourth-order valence-electron chi connectivity index (χ4n) is 2.36. The van der Waals surface area contributed by atoms with Crippen LogP contribution in [0.4, 0.5) is 0 Å². The molecule has 0 atom stereocenters. The zero-order valence-electron chi connectivity index (χ0n) is 12.5. The number of likely N-dealkylation sites (tertiary alicyclic amines) is 1. The lowest BCUT2D eigenvalue weighted by Crippen LogP contribution is -2.34. The summed E-state index contributed by atoms with van der Waals surface area (Å²) in [7, 11) is 0. The Bertz CT molecular complexity index is 242. The van der Waals surface area contributed by atoms with Crippen LogP contribution in [-0.2, 0) is 4.74 Å². The van der Waals surface area contributed by atoms with Gasteiger partial charge in [0.15, 0.2) is 0 Å². The second-order valence-corrected chi connectivity index (χ2v) is 5.55. The van der Waals surface area contributed by atoms with Crippen LogP contribution >= 0.6 is 0 Å². The highest BCUT2D eigenvalue weighted by molar-refractivity contribution is 4.83. The van der Waals surface area contributed by atoms with E-state index in [9.17, 15) is 0 Å². The summed E-state index contributed by atoms with van der Waals surface area (Å²) in [6.07, 6.45) is 11.0. The van der Waals surface area contributed by atoms with Gasteiger partial charge in [0.1, 0.15) is 0 Å². The van der Waals surface area contributed by atoms with E-state index in [0.29, 0.717) is 0 Å². The first-order valence-electron chi connectivity index (χ1n) is 7.77. The molecule has 1 saturated heterocycles. The molecule has 0 aliphatic carbocycles. The molecule has 3 nitrogen and oxygen atoms in total. The Morgan fingerprint density at radius 2 is 2.00 bits per heavy atom. The third-order valence-electron chi connectivity index (χ3n) is 3.74. The summed E-state index contributed by atoms with van der Waals surface area (Å²) >= 11 is 0. The van der Waals surface area contributed by atoms with Gasteiger partial charge in [-0.1, -0.05) is 6.92 Å². The Labute approximate surface area is 119 Å². The summed E-state index contributed by atoms with van der Waals surface area (Å²) in [5.41, 5.74) is 0. The first kappa shape index (κ1) is 16.5. The standard InChI is InChI=1S/C16H30N2O/c1-3-4-5-9-17-10-15-19-14-6-11-18-12-7-16(2)8-13-18/h1,16-17H,4-15H2,2H3. The van der Waals surface area contributed by atoms with Gasteiger partial charge in [-0.15, -0.1) is 12.3 Å². The van der Waals surface area contributed by atoms with Crippen molar-refractivity contribution in [3.63, 3.8) is 0 Å². The summed E-state index contributed by atoms with van der Waals surface area (Å²) in [5.74, 6) is 3.57. The number of hydrogen-bond donors (Lipinski definition) is 1. The van der Waals surface area contributed by atoms with Crippen molar-refractivity contribution in [1.82, 2.24) is 10.2 Å². The predicted octanol–water partition coefficient (Wildman–Crippen LogP) is 2.13. The summed E-state index contributed by atoms with van der Waals surface area (Å²) in [4.78, 5) is 2.57. The fraction of sp³-hybridized carbons (Fsp3) is 0.875. The third kappa shape index (κ3) is 9.04. The third-order valence-corrected chi connectivity index (χ3v) is 3.74. The van der Waals surface area contributed by atoms with Gasteiger partial charge in [-0.25, -0.2) is 0 Å². The highest BCUT2D eigenvalue weighted by Crippen LogP contribution is 2.15. The number of terminal acetylenes is 1. The molecule has 0 bridgehead atoms. The first-order chi connectivity index (χ1) is 9.33. The molecule has 0 unspecified atom stereocenters. The van der Waals surface area contributed by atoms with Crippen LogP contribution in [0.3, 0.4) is 0 Å². The van der Waals surface area contributed by atoms with Gasteiger partial charge < -0.3 is 15.0 Å². The monoisotopic (exact) mass is 266 g/mol. The molecule has 0 saturated carbocycles. The van der Waals surface area contributed by atoms with Crippen molar-refractivity contribution >= 4 is 0 Å². The maximum atomic E-state index is 5.62. The van der Waals surface area contributed by atoms with Crippen LogP contribution in [0.25, 0.3) is 0 Å². The molecular formula is C16H30N2O. The fourth-order valence-corrected chi connectivity index (χ4v) is 2.36. The second-order valence-electron chi connectivity index (χ2n) is 5.55. The summed E-state index contributed by atoms with van der Waals surface area (Å²) in [6.45, 7) is 9.74. The zero-order valence-corrected chi connectivity index (χ0v) is 12.5. The number of nitrogens with one attached hydrogen (secondary N) is 1. The van der Waals surface area contributed by atoms with Gasteiger partial charge in [0.05, 0.1) is 6.61 Å². The van der Waals surface area contributed by atoms with E-state index in [1.54, 1.807) is 0 Å². The number of rotatable bonds is 10. The van der Waals surface area contributed by atoms with Crippen molar-refractivity contribution in [1.29, 1.82) is 0 Å². The zero-order chi connectivity index (χ0) is 13.8. The van der Waals surface area contributed by atoms with Crippen LogP contribution in [-0.4, -0.2) is 50.8 Å². The summed E-state index contributed by atoms with van der Waals surface area (Å²) < 4.78 is 5.62. The highest BCUT2D eigenvalue weighted by atomic mass is 16.5. The molecule has 1 N–H and O–H groups in total. The average molecular weight is 266 g/mol. The lowest BCUT2D eigenvalue weighted by atomic mass is 9.99. The summed E-state index contributed by atoms with van der Waals surface area (Å²) in [5, 5.41) is 3.33. The van der Waals surface area contributed by atoms with Crippen molar-refractivity contribution in [3.8, 4) is 12.3 Å². The second kappa shape index (κ2) is 11.3. The normalized spacial score (nSPS) is 17.5. The minimum atomic E-state index is 0.813. The minimum absolute atomic E-state index is 0.813. The van der Waals surface area contributed by atoms with Gasteiger partial charge in [0.25, 0.3) is 0 Å². The van der Waals surface area contributed by atoms with Crippen molar-refractivity contribution in [2.24, 2.45) is 5.92 Å². The number of unbranched alkanes of at least 4 members (excludes halogenated alkanes) is 1. The van der Waals surface area contributed by atoms with Crippen LogP contribution in [0, 0.1) is 18.3 Å². The molecule has 110 valence electrons. The van der Waals surface area contributed by atoms with E-state index in [2.05, 4.69) is 23.1 Å². The molecule has 0 spiro atoms. The van der Waals surface area contributed by atoms with Gasteiger partial charge >= 0.3 is 0 Å². The smallest absolute Gasteiger partial charge is 0.0590 e. The van der Waals surface area contributed by atoms with E-state index >= 15 is 0 Å². The number of ether oxygens (including phenoxy) is 1. The van der Waals surface area contributed by atoms with Gasteiger partial charge in [0.2, 0.25) is 0 Å². The number of nitrogens with zero attached hydrogens (tertiary/aromatic N) is 1. The van der Waals surface area contributed by atoms with Crippen molar-refractivity contribution in [2.45, 2.75) is 39.0 Å². The molecule has 1 aliphatic heterocycles. The SMILES string of the molecule is C#CCCCNCCOCCCN1CCC(C)CC1. The maximum Gasteiger partial charge on any atom is 0.0590 e. The maximum absolute atomic E-state index is 5.62. The first-order valence-corrected chi connectivity index (χ1v) is 7.77. The predicted molar refractivity (Wildman–Crippen MR) is 81.2 cm³/mol. The molecule has 1 heterocycles. The molecule has 19 heavy (non-hydrogen) atoms. The lowest BCUT2D eigenvalue weighted by Gasteiger charge is -2.30. The van der Waals surface area contributed by atoms with Gasteiger partial charge in [-0.05, 0) is 51.2 Å². The van der Waals surface area contributed by atoms with E-state index in [1.807, 2.05) is 0 Å². The molecule has 0 aromatic rings. The molecule has 0 amide bonds.